The fourth-order valence-electron chi connectivity index (χ4n) is 12.1. The van der Waals surface area contributed by atoms with E-state index in [2.05, 4.69) is 34.6 Å². The van der Waals surface area contributed by atoms with Crippen LogP contribution in [0.4, 0.5) is 0 Å². The second-order valence-corrected chi connectivity index (χ2v) is 31.5. The molecule has 0 aliphatic heterocycles. The molecule has 5 atom stereocenters. The van der Waals surface area contributed by atoms with Gasteiger partial charge in [-0.3, -0.25) is 37.3 Å². The van der Waals surface area contributed by atoms with Gasteiger partial charge >= 0.3 is 39.5 Å². The lowest BCUT2D eigenvalue weighted by Crippen LogP contribution is -2.30. The van der Waals surface area contributed by atoms with Crippen molar-refractivity contribution in [3.8, 4) is 0 Å². The van der Waals surface area contributed by atoms with E-state index >= 15 is 0 Å². The molecule has 0 aliphatic carbocycles. The van der Waals surface area contributed by atoms with Crippen LogP contribution in [0.3, 0.4) is 0 Å². The number of carbonyl (C=O) groups excluding carboxylic acids is 4. The van der Waals surface area contributed by atoms with Crippen molar-refractivity contribution in [2.45, 2.75) is 432 Å². The van der Waals surface area contributed by atoms with Crippen molar-refractivity contribution in [2.24, 2.45) is 5.92 Å². The molecule has 0 fully saturated rings. The highest BCUT2D eigenvalue weighted by molar-refractivity contribution is 7.47. The highest BCUT2D eigenvalue weighted by Crippen LogP contribution is 2.45. The van der Waals surface area contributed by atoms with Crippen LogP contribution in [0.25, 0.3) is 0 Å². The number of ether oxygens (including phenoxy) is 4. The van der Waals surface area contributed by atoms with Gasteiger partial charge in [0.2, 0.25) is 0 Å². The minimum Gasteiger partial charge on any atom is -0.462 e. The summed E-state index contributed by atoms with van der Waals surface area (Å²) in [5.74, 6) is -1.43. The Hall–Kier alpha value is -1.94. The summed E-state index contributed by atoms with van der Waals surface area (Å²) in [5.41, 5.74) is 0. The first kappa shape index (κ1) is 95.1. The van der Waals surface area contributed by atoms with Crippen molar-refractivity contribution in [1.82, 2.24) is 0 Å². The van der Waals surface area contributed by atoms with Gasteiger partial charge < -0.3 is 33.8 Å². The number of phosphoric acid groups is 2. The molecule has 97 heavy (non-hydrogen) atoms. The van der Waals surface area contributed by atoms with Crippen LogP contribution in [0, 0.1) is 5.92 Å². The van der Waals surface area contributed by atoms with Gasteiger partial charge in [0, 0.05) is 25.7 Å². The van der Waals surface area contributed by atoms with E-state index in [1.807, 2.05) is 0 Å². The minimum absolute atomic E-state index is 0.106. The number of aliphatic hydroxyl groups excluding tert-OH is 1. The van der Waals surface area contributed by atoms with E-state index in [1.54, 1.807) is 0 Å². The number of hydrogen-bond acceptors (Lipinski definition) is 15. The Morgan fingerprint density at radius 2 is 0.474 bits per heavy atom. The third-order valence-corrected chi connectivity index (χ3v) is 20.2. The normalized spacial score (nSPS) is 13.9. The summed E-state index contributed by atoms with van der Waals surface area (Å²) >= 11 is 0. The van der Waals surface area contributed by atoms with E-state index in [4.69, 9.17) is 37.0 Å². The van der Waals surface area contributed by atoms with Gasteiger partial charge in [0.25, 0.3) is 0 Å². The number of phosphoric ester groups is 2. The largest absolute Gasteiger partial charge is 0.472 e. The van der Waals surface area contributed by atoms with E-state index in [-0.39, 0.29) is 25.7 Å². The lowest BCUT2D eigenvalue weighted by atomic mass is 10.0. The van der Waals surface area contributed by atoms with Crippen molar-refractivity contribution >= 4 is 39.5 Å². The van der Waals surface area contributed by atoms with Gasteiger partial charge in [0.15, 0.2) is 12.2 Å². The molecule has 17 nitrogen and oxygen atoms in total. The van der Waals surface area contributed by atoms with Crippen LogP contribution >= 0.6 is 15.6 Å². The van der Waals surface area contributed by atoms with Gasteiger partial charge in [0.05, 0.1) is 26.4 Å². The number of esters is 4. The smallest absolute Gasteiger partial charge is 0.462 e. The molecule has 0 aromatic carbocycles. The predicted octanol–water partition coefficient (Wildman–Crippen LogP) is 23.3. The molecule has 0 heterocycles. The lowest BCUT2D eigenvalue weighted by Gasteiger charge is -2.21. The standard InChI is InChI=1S/C78H152O17P2/c1-6-9-12-15-18-21-24-26-28-30-32-33-35-37-39-41-44-47-54-59-64-78(83)94-73(67-88-75(80)61-56-51-45-43-40-38-36-34-31-29-27-25-22-19-16-13-10-7-2)69-92-96(84,85)90-65-72(79)66-91-97(86,87)93-70-74(68-89-76(81)62-57-52-49-48-50-55-60-71(4)5)95-77(82)63-58-53-46-42-23-20-17-14-11-8-3/h71-74,79H,6-70H2,1-5H3,(H,84,85)(H,86,87)/t72-,73-,74-/m1/s1. The zero-order valence-corrected chi connectivity index (χ0v) is 65.0. The van der Waals surface area contributed by atoms with Gasteiger partial charge in [0.1, 0.15) is 19.3 Å². The molecule has 0 amide bonds. The summed E-state index contributed by atoms with van der Waals surface area (Å²) in [4.78, 5) is 72.8. The second kappa shape index (κ2) is 71.1. The third-order valence-electron chi connectivity index (χ3n) is 18.3. The molecular weight excluding hydrogens is 1270 g/mol. The first-order valence-corrected chi connectivity index (χ1v) is 43.6. The van der Waals surface area contributed by atoms with Crippen LogP contribution in [-0.2, 0) is 65.4 Å². The average molecular weight is 1420 g/mol. The molecule has 576 valence electrons. The highest BCUT2D eigenvalue weighted by Gasteiger charge is 2.30. The fourth-order valence-corrected chi connectivity index (χ4v) is 13.6. The van der Waals surface area contributed by atoms with Gasteiger partial charge in [-0.15, -0.1) is 0 Å². The zero-order valence-electron chi connectivity index (χ0n) is 63.2. The molecule has 0 radical (unpaired) electrons. The summed E-state index contributed by atoms with van der Waals surface area (Å²) in [7, 11) is -9.91. The highest BCUT2D eigenvalue weighted by atomic mass is 31.2. The second-order valence-electron chi connectivity index (χ2n) is 28.6. The van der Waals surface area contributed by atoms with Gasteiger partial charge in [-0.1, -0.05) is 362 Å². The summed E-state index contributed by atoms with van der Waals surface area (Å²) < 4.78 is 68.5. The number of hydrogen-bond donors (Lipinski definition) is 3. The van der Waals surface area contributed by atoms with Crippen molar-refractivity contribution in [3.63, 3.8) is 0 Å². The first-order chi connectivity index (χ1) is 47.0. The molecule has 0 aliphatic rings. The summed E-state index contributed by atoms with van der Waals surface area (Å²) in [5, 5.41) is 10.6. The fraction of sp³-hybridized carbons (Fsp3) is 0.949. The van der Waals surface area contributed by atoms with Crippen LogP contribution in [0.5, 0.6) is 0 Å². The Morgan fingerprint density at radius 1 is 0.278 bits per heavy atom. The van der Waals surface area contributed by atoms with Crippen molar-refractivity contribution in [1.29, 1.82) is 0 Å². The van der Waals surface area contributed by atoms with Gasteiger partial charge in [-0.2, -0.15) is 0 Å². The molecule has 0 rings (SSSR count). The number of carbonyl (C=O) groups is 4. The van der Waals surface area contributed by atoms with E-state index in [9.17, 15) is 43.2 Å². The number of rotatable bonds is 78. The number of unbranched alkanes of at least 4 members (excludes halogenated alkanes) is 50. The summed E-state index contributed by atoms with van der Waals surface area (Å²) in [6.45, 7) is 7.21. The summed E-state index contributed by atoms with van der Waals surface area (Å²) in [6, 6.07) is 0. The van der Waals surface area contributed by atoms with Crippen LogP contribution in [0.15, 0.2) is 0 Å². The Balaban J connectivity index is 5.18. The molecule has 0 aromatic rings. The molecular formula is C78H152O17P2. The van der Waals surface area contributed by atoms with Gasteiger partial charge in [-0.05, 0) is 31.6 Å². The Bertz CT molecular complexity index is 1860. The van der Waals surface area contributed by atoms with Crippen LogP contribution in [0.2, 0.25) is 0 Å². The molecule has 0 saturated heterocycles. The Labute approximate surface area is 594 Å². The van der Waals surface area contributed by atoms with E-state index in [0.29, 0.717) is 31.6 Å². The van der Waals surface area contributed by atoms with Crippen LogP contribution in [-0.4, -0.2) is 96.7 Å². The SMILES string of the molecule is CCCCCCCCCCCCCCCCCCCCCCC(=O)O[C@H](COC(=O)CCCCCCCCCCCCCCCCCCCC)COP(=O)(O)OC[C@@H](O)COP(=O)(O)OC[C@@H](COC(=O)CCCCCCCCC(C)C)OC(=O)CCCCCCCCCCCC. The summed E-state index contributed by atoms with van der Waals surface area (Å²) in [6.07, 6.45) is 61.4. The van der Waals surface area contributed by atoms with Crippen molar-refractivity contribution in [2.75, 3.05) is 39.6 Å². The van der Waals surface area contributed by atoms with E-state index in [0.717, 1.165) is 96.3 Å². The zero-order chi connectivity index (χ0) is 71.2. The monoisotopic (exact) mass is 1420 g/mol. The van der Waals surface area contributed by atoms with E-state index in [1.165, 1.54) is 231 Å². The van der Waals surface area contributed by atoms with E-state index < -0.39 is 97.5 Å². The van der Waals surface area contributed by atoms with Crippen molar-refractivity contribution in [3.05, 3.63) is 0 Å². The minimum atomic E-state index is -4.96. The maximum Gasteiger partial charge on any atom is 0.472 e. The average Bonchev–Trinajstić information content (AvgIpc) is 1.25. The Kier molecular flexibility index (Phi) is 69.6. The molecule has 2 unspecified atom stereocenters. The van der Waals surface area contributed by atoms with Crippen LogP contribution in [0.1, 0.15) is 413 Å². The molecule has 0 saturated carbocycles. The molecule has 19 heteroatoms. The topological polar surface area (TPSA) is 237 Å². The molecule has 0 aromatic heterocycles. The maximum absolute atomic E-state index is 13.1. The van der Waals surface area contributed by atoms with Crippen molar-refractivity contribution < 1.29 is 80.2 Å². The third kappa shape index (κ3) is 72.2. The molecule has 0 spiro atoms. The number of aliphatic hydroxyl groups is 1. The first-order valence-electron chi connectivity index (χ1n) is 40.6. The molecule has 3 N–H and O–H groups in total. The van der Waals surface area contributed by atoms with Crippen LogP contribution < -0.4 is 0 Å². The van der Waals surface area contributed by atoms with Gasteiger partial charge in [-0.25, -0.2) is 9.13 Å². The molecule has 0 bridgehead atoms. The maximum atomic E-state index is 13.1. The lowest BCUT2D eigenvalue weighted by molar-refractivity contribution is -0.161. The Morgan fingerprint density at radius 3 is 0.701 bits per heavy atom. The predicted molar refractivity (Wildman–Crippen MR) is 395 cm³/mol. The quantitative estimate of drug-likeness (QED) is 0.0222.